The Balaban J connectivity index is 1.61. The zero-order chi connectivity index (χ0) is 24.0. The molecule has 3 rings (SSSR count). The molecule has 1 aromatic rings. The van der Waals surface area contributed by atoms with E-state index in [1.54, 1.807) is 13.0 Å². The molecule has 4 heteroatoms. The van der Waals surface area contributed by atoms with Crippen molar-refractivity contribution in [3.8, 4) is 17.2 Å². The van der Waals surface area contributed by atoms with Crippen LogP contribution in [0, 0.1) is 13.8 Å². The first-order chi connectivity index (χ1) is 15.7. The fraction of sp³-hybridized carbons (Fsp3) is 0.379. The van der Waals surface area contributed by atoms with Crippen LogP contribution in [-0.4, -0.2) is 11.6 Å². The molecule has 33 heavy (non-hydrogen) atoms. The van der Waals surface area contributed by atoms with E-state index in [4.69, 9.17) is 14.1 Å². The van der Waals surface area contributed by atoms with Crippen molar-refractivity contribution in [3.63, 3.8) is 0 Å². The van der Waals surface area contributed by atoms with E-state index in [1.807, 2.05) is 25.1 Å². The Labute approximate surface area is 197 Å². The maximum atomic E-state index is 12.1. The molecule has 1 aliphatic carbocycles. The van der Waals surface area contributed by atoms with Crippen LogP contribution < -0.4 is 10.2 Å². The summed E-state index contributed by atoms with van der Waals surface area (Å²) in [5.41, 5.74) is 7.61. The Hall–Kier alpha value is -3.14. The molecular formula is C29H35NO3. The Morgan fingerprint density at radius 3 is 2.39 bits per heavy atom. The maximum absolute atomic E-state index is 12.1. The van der Waals surface area contributed by atoms with Gasteiger partial charge in [-0.2, -0.15) is 0 Å². The van der Waals surface area contributed by atoms with E-state index in [0.717, 1.165) is 48.2 Å². The summed E-state index contributed by atoms with van der Waals surface area (Å²) in [5.74, 6) is 1.27. The molecule has 1 aliphatic heterocycles. The van der Waals surface area contributed by atoms with E-state index < -0.39 is 0 Å². The second kappa shape index (κ2) is 11.1. The molecule has 0 radical (unpaired) electrons. The monoisotopic (exact) mass is 445 g/mol. The number of allylic oxidation sites excluding steroid dienone is 5. The topological polar surface area (TPSA) is 52.3 Å². The molecule has 0 unspecified atom stereocenters. The van der Waals surface area contributed by atoms with Crippen LogP contribution in [0.4, 0.5) is 0 Å². The highest BCUT2D eigenvalue weighted by Crippen LogP contribution is 2.30. The van der Waals surface area contributed by atoms with Crippen LogP contribution in [-0.2, 0) is 0 Å². The highest BCUT2D eigenvalue weighted by molar-refractivity contribution is 5.79. The minimum atomic E-state index is -0.0316. The third kappa shape index (κ3) is 6.67. The average Bonchev–Trinajstić information content (AvgIpc) is 2.76. The van der Waals surface area contributed by atoms with E-state index >= 15 is 0 Å². The van der Waals surface area contributed by atoms with Gasteiger partial charge in [0.1, 0.15) is 23.6 Å². The lowest BCUT2D eigenvalue weighted by molar-refractivity contribution is 0.361. The zero-order valence-electron chi connectivity index (χ0n) is 20.7. The van der Waals surface area contributed by atoms with Crippen LogP contribution in [0.1, 0.15) is 64.5 Å². The van der Waals surface area contributed by atoms with Crippen molar-refractivity contribution < 1.29 is 9.15 Å². The van der Waals surface area contributed by atoms with Gasteiger partial charge in [-0.1, -0.05) is 28.9 Å². The Kier molecular flexibility index (Phi) is 8.26. The summed E-state index contributed by atoms with van der Waals surface area (Å²) in [4.78, 5) is 16.8. The fourth-order valence-electron chi connectivity index (χ4n) is 3.71. The van der Waals surface area contributed by atoms with Crippen molar-refractivity contribution in [2.75, 3.05) is 6.61 Å². The second-order valence-electron chi connectivity index (χ2n) is 9.11. The third-order valence-electron chi connectivity index (χ3n) is 5.83. The van der Waals surface area contributed by atoms with Gasteiger partial charge in [-0.25, -0.2) is 4.98 Å². The standard InChI is InChI=1S/C29H35NO3/c1-19(2)9-7-10-20(3)11-8-12-21(4)15-16-32-24-13-14-25-27(18-24)33-29-23(6)26(31)17-22(5)28(29)30-25/h9,11,13-15,17-18H,7-8,10,12,16H2,1-6H3/b20-11+,21-15+. The quantitative estimate of drug-likeness (QED) is 0.250. The lowest BCUT2D eigenvalue weighted by Crippen LogP contribution is -2.09. The van der Waals surface area contributed by atoms with Crippen LogP contribution in [0.2, 0.25) is 0 Å². The van der Waals surface area contributed by atoms with Crippen molar-refractivity contribution in [1.29, 1.82) is 0 Å². The van der Waals surface area contributed by atoms with Gasteiger partial charge < -0.3 is 9.15 Å². The number of nitrogens with zero attached hydrogens (tertiary/aromatic N) is 1. The van der Waals surface area contributed by atoms with Crippen molar-refractivity contribution in [1.82, 2.24) is 4.98 Å². The van der Waals surface area contributed by atoms with Crippen molar-refractivity contribution >= 4 is 11.1 Å². The summed E-state index contributed by atoms with van der Waals surface area (Å²) < 4.78 is 12.0. The van der Waals surface area contributed by atoms with Crippen molar-refractivity contribution in [2.45, 2.75) is 67.2 Å². The van der Waals surface area contributed by atoms with E-state index in [-0.39, 0.29) is 5.43 Å². The maximum Gasteiger partial charge on any atom is 0.185 e. The average molecular weight is 446 g/mol. The first-order valence-corrected chi connectivity index (χ1v) is 11.7. The Morgan fingerprint density at radius 2 is 1.67 bits per heavy atom. The number of ether oxygens (including phenoxy) is 1. The van der Waals surface area contributed by atoms with E-state index in [2.05, 4.69) is 45.9 Å². The number of hydrogen-bond donors (Lipinski definition) is 0. The minimum Gasteiger partial charge on any atom is -0.489 e. The summed E-state index contributed by atoms with van der Waals surface area (Å²) in [6.45, 7) is 12.8. The van der Waals surface area contributed by atoms with Gasteiger partial charge in [-0.15, -0.1) is 0 Å². The molecule has 174 valence electrons. The largest absolute Gasteiger partial charge is 0.489 e. The Bertz CT molecular complexity index is 1240. The molecule has 0 spiro atoms. The molecule has 0 fully saturated rings. The summed E-state index contributed by atoms with van der Waals surface area (Å²) in [6.07, 6.45) is 11.1. The van der Waals surface area contributed by atoms with Gasteiger partial charge in [0, 0.05) is 11.6 Å². The lowest BCUT2D eigenvalue weighted by Gasteiger charge is -2.12. The number of aromatic nitrogens is 1. The molecule has 4 nitrogen and oxygen atoms in total. The molecule has 0 atom stereocenters. The SMILES string of the molecule is CC(C)=CCC/C(C)=C/CC/C(C)=C/COc1ccc2nc3c(C)cc(=O)c(C)c-3oc2c1. The predicted molar refractivity (Wildman–Crippen MR) is 137 cm³/mol. The van der Waals surface area contributed by atoms with Gasteiger partial charge in [-0.05, 0) is 97.1 Å². The normalized spacial score (nSPS) is 12.4. The number of fused-ring (bicyclic) bond motifs is 2. The molecule has 0 saturated heterocycles. The number of benzene rings is 2. The van der Waals surface area contributed by atoms with Crippen LogP contribution in [0.25, 0.3) is 22.6 Å². The van der Waals surface area contributed by atoms with Crippen molar-refractivity contribution in [3.05, 3.63) is 80.6 Å². The summed E-state index contributed by atoms with van der Waals surface area (Å²) in [5, 5.41) is 0. The molecular weight excluding hydrogens is 410 g/mol. The van der Waals surface area contributed by atoms with Gasteiger partial charge in [0.25, 0.3) is 0 Å². The predicted octanol–water partition coefficient (Wildman–Crippen LogP) is 7.71. The van der Waals surface area contributed by atoms with Gasteiger partial charge in [0.05, 0.1) is 0 Å². The second-order valence-corrected chi connectivity index (χ2v) is 9.11. The van der Waals surface area contributed by atoms with Crippen molar-refractivity contribution in [2.24, 2.45) is 0 Å². The number of hydrogen-bond acceptors (Lipinski definition) is 4. The first-order valence-electron chi connectivity index (χ1n) is 11.7. The summed E-state index contributed by atoms with van der Waals surface area (Å²) >= 11 is 0. The molecule has 0 bridgehead atoms. The van der Waals surface area contributed by atoms with Crippen LogP contribution in [0.15, 0.2) is 68.4 Å². The fourth-order valence-corrected chi connectivity index (χ4v) is 3.71. The van der Waals surface area contributed by atoms with E-state index in [9.17, 15) is 4.79 Å². The smallest absolute Gasteiger partial charge is 0.185 e. The van der Waals surface area contributed by atoms with Gasteiger partial charge in [0.15, 0.2) is 16.8 Å². The van der Waals surface area contributed by atoms with Crippen LogP contribution >= 0.6 is 0 Å². The number of rotatable bonds is 9. The molecule has 0 aromatic heterocycles. The number of aryl methyl sites for hydroxylation is 1. The highest BCUT2D eigenvalue weighted by Gasteiger charge is 2.17. The molecule has 2 aliphatic rings. The Morgan fingerprint density at radius 1 is 0.970 bits per heavy atom. The lowest BCUT2D eigenvalue weighted by atomic mass is 10.0. The molecule has 0 saturated carbocycles. The molecule has 1 heterocycles. The van der Waals surface area contributed by atoms with E-state index in [1.165, 1.54) is 16.7 Å². The first kappa shape index (κ1) is 24.5. The van der Waals surface area contributed by atoms with Gasteiger partial charge in [0.2, 0.25) is 0 Å². The highest BCUT2D eigenvalue weighted by atomic mass is 16.5. The summed E-state index contributed by atoms with van der Waals surface area (Å²) in [7, 11) is 0. The van der Waals surface area contributed by atoms with Crippen LogP contribution in [0.5, 0.6) is 5.75 Å². The third-order valence-corrected chi connectivity index (χ3v) is 5.83. The molecule has 1 aromatic carbocycles. The van der Waals surface area contributed by atoms with Gasteiger partial charge in [-0.3, -0.25) is 4.79 Å². The van der Waals surface area contributed by atoms with E-state index in [0.29, 0.717) is 23.5 Å². The summed E-state index contributed by atoms with van der Waals surface area (Å²) in [6, 6.07) is 7.26. The zero-order valence-corrected chi connectivity index (χ0v) is 20.7. The molecule has 0 amide bonds. The minimum absolute atomic E-state index is 0.0316. The van der Waals surface area contributed by atoms with Crippen LogP contribution in [0.3, 0.4) is 0 Å². The van der Waals surface area contributed by atoms with Gasteiger partial charge >= 0.3 is 0 Å². The molecule has 0 N–H and O–H groups in total.